The Kier molecular flexibility index (Phi) is 8.20. The first-order valence-electron chi connectivity index (χ1n) is 13.6. The summed E-state index contributed by atoms with van der Waals surface area (Å²) in [5.41, 5.74) is 6.46. The molecule has 0 amide bonds. The standard InChI is InChI=1S/C33H35NO8/c1-8-42-33(35)32-30(21-10-12-24(37-3)26(17-21)39-5)29(20-9-11-23(36-2)25(16-20)38-4)31-22-18-28(41-7)27(40-6)15-19(22)13-14-34(31)32/h9-12,15-18H,8,13-14H2,1-7H3. The van der Waals surface area contributed by atoms with Crippen molar-refractivity contribution in [3.05, 3.63) is 59.8 Å². The molecule has 0 unspecified atom stereocenters. The topological polar surface area (TPSA) is 86.6 Å². The van der Waals surface area contributed by atoms with Crippen molar-refractivity contribution in [3.63, 3.8) is 0 Å². The van der Waals surface area contributed by atoms with Crippen LogP contribution in [0, 0.1) is 0 Å². The number of methoxy groups -OCH3 is 6. The largest absolute Gasteiger partial charge is 0.493 e. The molecule has 0 fully saturated rings. The zero-order chi connectivity index (χ0) is 30.0. The lowest BCUT2D eigenvalue weighted by molar-refractivity contribution is 0.0514. The van der Waals surface area contributed by atoms with E-state index in [4.69, 9.17) is 33.2 Å². The van der Waals surface area contributed by atoms with Gasteiger partial charge in [-0.05, 0) is 66.4 Å². The Labute approximate surface area is 245 Å². The fourth-order valence-electron chi connectivity index (χ4n) is 5.66. The van der Waals surface area contributed by atoms with Crippen LogP contribution >= 0.6 is 0 Å². The number of aryl methyl sites for hydroxylation is 1. The van der Waals surface area contributed by atoms with Crippen LogP contribution in [0.5, 0.6) is 34.5 Å². The summed E-state index contributed by atoms with van der Waals surface area (Å²) in [6.45, 7) is 2.59. The molecule has 9 nitrogen and oxygen atoms in total. The van der Waals surface area contributed by atoms with Crippen LogP contribution in [0.2, 0.25) is 0 Å². The van der Waals surface area contributed by atoms with Crippen LogP contribution in [0.15, 0.2) is 48.5 Å². The number of esters is 1. The van der Waals surface area contributed by atoms with Gasteiger partial charge in [-0.3, -0.25) is 0 Å². The molecule has 4 aromatic rings. The smallest absolute Gasteiger partial charge is 0.355 e. The van der Waals surface area contributed by atoms with E-state index in [1.807, 2.05) is 53.1 Å². The summed E-state index contributed by atoms with van der Waals surface area (Å²) in [4.78, 5) is 13.8. The Hall–Kier alpha value is -4.79. The average molecular weight is 574 g/mol. The quantitative estimate of drug-likeness (QED) is 0.205. The van der Waals surface area contributed by atoms with Gasteiger partial charge in [0.15, 0.2) is 34.5 Å². The zero-order valence-electron chi connectivity index (χ0n) is 25.0. The van der Waals surface area contributed by atoms with Gasteiger partial charge in [0.1, 0.15) is 5.69 Å². The fraction of sp³-hybridized carbons (Fsp3) is 0.303. The fourth-order valence-corrected chi connectivity index (χ4v) is 5.66. The van der Waals surface area contributed by atoms with E-state index in [0.29, 0.717) is 58.7 Å². The summed E-state index contributed by atoms with van der Waals surface area (Å²) in [6, 6.07) is 15.3. The number of aromatic nitrogens is 1. The van der Waals surface area contributed by atoms with Gasteiger partial charge in [-0.2, -0.15) is 0 Å². The second-order valence-electron chi connectivity index (χ2n) is 9.57. The molecule has 0 saturated heterocycles. The number of hydrogen-bond acceptors (Lipinski definition) is 8. The average Bonchev–Trinajstić information content (AvgIpc) is 3.39. The first-order valence-corrected chi connectivity index (χ1v) is 13.6. The van der Waals surface area contributed by atoms with Crippen LogP contribution in [-0.2, 0) is 17.7 Å². The second kappa shape index (κ2) is 12.0. The number of ether oxygens (including phenoxy) is 7. The van der Waals surface area contributed by atoms with Gasteiger partial charge in [-0.15, -0.1) is 0 Å². The lowest BCUT2D eigenvalue weighted by Crippen LogP contribution is -2.18. The van der Waals surface area contributed by atoms with E-state index in [2.05, 4.69) is 0 Å². The van der Waals surface area contributed by atoms with Gasteiger partial charge in [-0.25, -0.2) is 4.79 Å². The van der Waals surface area contributed by atoms with Crippen molar-refractivity contribution >= 4 is 5.97 Å². The third-order valence-electron chi connectivity index (χ3n) is 7.55. The third-order valence-corrected chi connectivity index (χ3v) is 7.55. The van der Waals surface area contributed by atoms with Gasteiger partial charge < -0.3 is 37.7 Å². The molecular formula is C33H35NO8. The molecule has 42 heavy (non-hydrogen) atoms. The summed E-state index contributed by atoms with van der Waals surface area (Å²) in [7, 11) is 9.61. The number of carbonyl (C=O) groups excluding carboxylic acids is 1. The molecule has 9 heteroatoms. The molecule has 0 saturated carbocycles. The van der Waals surface area contributed by atoms with Gasteiger partial charge in [0.2, 0.25) is 0 Å². The van der Waals surface area contributed by atoms with Gasteiger partial charge in [0.25, 0.3) is 0 Å². The maximum atomic E-state index is 13.8. The van der Waals surface area contributed by atoms with Crippen LogP contribution in [-0.4, -0.2) is 59.8 Å². The first kappa shape index (κ1) is 28.7. The van der Waals surface area contributed by atoms with Crippen LogP contribution < -0.4 is 28.4 Å². The summed E-state index contributed by atoms with van der Waals surface area (Å²) in [5, 5.41) is 0. The highest BCUT2D eigenvalue weighted by Gasteiger charge is 2.34. The number of hydrogen-bond donors (Lipinski definition) is 0. The van der Waals surface area contributed by atoms with Crippen molar-refractivity contribution in [2.24, 2.45) is 0 Å². The maximum Gasteiger partial charge on any atom is 0.355 e. The van der Waals surface area contributed by atoms with E-state index in [-0.39, 0.29) is 6.61 Å². The molecule has 0 radical (unpaired) electrons. The Morgan fingerprint density at radius 2 is 1.17 bits per heavy atom. The lowest BCUT2D eigenvalue weighted by Gasteiger charge is -2.24. The minimum absolute atomic E-state index is 0.234. The molecule has 1 aliphatic heterocycles. The van der Waals surface area contributed by atoms with Gasteiger partial charge >= 0.3 is 5.97 Å². The van der Waals surface area contributed by atoms with Gasteiger partial charge in [-0.1, -0.05) is 12.1 Å². The molecule has 1 aliphatic rings. The molecule has 3 aromatic carbocycles. The minimum atomic E-state index is -0.417. The predicted molar refractivity (Wildman–Crippen MR) is 160 cm³/mol. The Morgan fingerprint density at radius 3 is 1.69 bits per heavy atom. The Morgan fingerprint density at radius 1 is 0.667 bits per heavy atom. The summed E-state index contributed by atoms with van der Waals surface area (Å²) >= 11 is 0. The predicted octanol–water partition coefficient (Wildman–Crippen LogP) is 6.27. The van der Waals surface area contributed by atoms with Gasteiger partial charge in [0, 0.05) is 23.2 Å². The molecule has 220 valence electrons. The molecule has 1 aromatic heterocycles. The van der Waals surface area contributed by atoms with E-state index < -0.39 is 5.97 Å². The van der Waals surface area contributed by atoms with Crippen molar-refractivity contribution in [3.8, 4) is 68.0 Å². The van der Waals surface area contributed by atoms with E-state index in [9.17, 15) is 4.79 Å². The number of carbonyl (C=O) groups is 1. The molecule has 0 spiro atoms. The first-order chi connectivity index (χ1) is 20.4. The molecule has 0 aliphatic carbocycles. The van der Waals surface area contributed by atoms with Crippen molar-refractivity contribution in [1.82, 2.24) is 4.57 Å². The number of fused-ring (bicyclic) bond motifs is 3. The number of benzene rings is 3. The van der Waals surface area contributed by atoms with E-state index in [0.717, 1.165) is 33.5 Å². The monoisotopic (exact) mass is 573 g/mol. The van der Waals surface area contributed by atoms with E-state index in [1.165, 1.54) is 0 Å². The highest BCUT2D eigenvalue weighted by Crippen LogP contribution is 2.51. The number of nitrogens with zero attached hydrogens (tertiary/aromatic N) is 1. The van der Waals surface area contributed by atoms with Crippen LogP contribution in [0.4, 0.5) is 0 Å². The molecule has 5 rings (SSSR count). The molecule has 0 N–H and O–H groups in total. The minimum Gasteiger partial charge on any atom is -0.493 e. The second-order valence-corrected chi connectivity index (χ2v) is 9.57. The third kappa shape index (κ3) is 4.74. The lowest BCUT2D eigenvalue weighted by atomic mass is 9.89. The summed E-state index contributed by atoms with van der Waals surface area (Å²) < 4.78 is 41.4. The molecule has 0 atom stereocenters. The molecular weight excluding hydrogens is 538 g/mol. The maximum absolute atomic E-state index is 13.8. The van der Waals surface area contributed by atoms with Crippen LogP contribution in [0.3, 0.4) is 0 Å². The van der Waals surface area contributed by atoms with Crippen molar-refractivity contribution < 1.29 is 38.0 Å². The van der Waals surface area contributed by atoms with Crippen molar-refractivity contribution in [2.45, 2.75) is 19.9 Å². The van der Waals surface area contributed by atoms with Crippen molar-refractivity contribution in [2.75, 3.05) is 49.3 Å². The normalized spacial score (nSPS) is 11.7. The van der Waals surface area contributed by atoms with E-state index in [1.54, 1.807) is 49.6 Å². The van der Waals surface area contributed by atoms with Gasteiger partial charge in [0.05, 0.1) is 55.0 Å². The summed E-state index contributed by atoms with van der Waals surface area (Å²) in [6.07, 6.45) is 0.681. The highest BCUT2D eigenvalue weighted by molar-refractivity contribution is 6.07. The van der Waals surface area contributed by atoms with Crippen LogP contribution in [0.1, 0.15) is 23.0 Å². The Balaban J connectivity index is 1.94. The van der Waals surface area contributed by atoms with Crippen LogP contribution in [0.25, 0.3) is 33.5 Å². The highest BCUT2D eigenvalue weighted by atomic mass is 16.5. The zero-order valence-corrected chi connectivity index (χ0v) is 25.0. The molecule has 2 heterocycles. The molecule has 0 bridgehead atoms. The number of rotatable bonds is 10. The van der Waals surface area contributed by atoms with Crippen molar-refractivity contribution in [1.29, 1.82) is 0 Å². The Bertz CT molecular complexity index is 1640. The SMILES string of the molecule is CCOC(=O)c1c(-c2ccc(OC)c(OC)c2)c(-c2ccc(OC)c(OC)c2)c2n1CCc1cc(OC)c(OC)cc1-2. The van der Waals surface area contributed by atoms with E-state index >= 15 is 0 Å². The summed E-state index contributed by atoms with van der Waals surface area (Å²) in [5.74, 6) is 3.11.